The first-order valence-corrected chi connectivity index (χ1v) is 8.56. The number of amides is 1. The highest BCUT2D eigenvalue weighted by atomic mass is 127. The lowest BCUT2D eigenvalue weighted by atomic mass is 10.2. The number of ether oxygens (including phenoxy) is 1. The summed E-state index contributed by atoms with van der Waals surface area (Å²) in [6.45, 7) is 9.65. The molecule has 1 fully saturated rings. The maximum atomic E-state index is 12.0. The van der Waals surface area contributed by atoms with Gasteiger partial charge in [0.2, 0.25) is 0 Å². The summed E-state index contributed by atoms with van der Waals surface area (Å²) < 4.78 is 6.57. The van der Waals surface area contributed by atoms with Crippen LogP contribution in [0.3, 0.4) is 0 Å². The molecule has 1 aliphatic rings. The predicted octanol–water partition coefficient (Wildman–Crippen LogP) is 2.93. The highest BCUT2D eigenvalue weighted by molar-refractivity contribution is 14.1. The average Bonchev–Trinajstić information content (AvgIpc) is 2.36. The summed E-state index contributed by atoms with van der Waals surface area (Å²) in [6, 6.07) is 6.13. The van der Waals surface area contributed by atoms with Crippen molar-refractivity contribution in [2.75, 3.05) is 31.9 Å². The number of nitrogens with two attached hydrogens (primary N) is 1. The van der Waals surface area contributed by atoms with Crippen LogP contribution in [-0.4, -0.2) is 47.7 Å². The molecule has 1 aromatic carbocycles. The van der Waals surface area contributed by atoms with Crippen LogP contribution in [0.1, 0.15) is 26.3 Å². The molecule has 2 N–H and O–H groups in total. The van der Waals surface area contributed by atoms with Crippen molar-refractivity contribution in [1.29, 1.82) is 0 Å². The largest absolute Gasteiger partial charge is 0.444 e. The molecule has 2 rings (SSSR count). The third-order valence-electron chi connectivity index (χ3n) is 3.41. The number of piperazine rings is 1. The number of benzene rings is 1. The summed E-state index contributed by atoms with van der Waals surface area (Å²) in [6.07, 6.45) is -0.217. The standard InChI is InChI=1S/C16H24IN3O2/c1-16(2,3)22-15(21)20-6-4-19(5-7-20)11-12-8-13(17)10-14(18)9-12/h8-10H,4-7,11,18H2,1-3H3. The van der Waals surface area contributed by atoms with E-state index in [0.29, 0.717) is 13.1 Å². The van der Waals surface area contributed by atoms with Crippen molar-refractivity contribution >= 4 is 34.4 Å². The third-order valence-corrected chi connectivity index (χ3v) is 4.03. The molecule has 0 unspecified atom stereocenters. The van der Waals surface area contributed by atoms with Crippen molar-refractivity contribution in [2.24, 2.45) is 0 Å². The first kappa shape index (κ1) is 17.3. The maximum absolute atomic E-state index is 12.0. The van der Waals surface area contributed by atoms with Gasteiger partial charge in [0.15, 0.2) is 0 Å². The molecule has 0 aliphatic carbocycles. The van der Waals surface area contributed by atoms with Gasteiger partial charge < -0.3 is 15.4 Å². The zero-order valence-corrected chi connectivity index (χ0v) is 15.6. The Kier molecular flexibility index (Phi) is 5.55. The van der Waals surface area contributed by atoms with Gasteiger partial charge in [0, 0.05) is 42.0 Å². The second-order valence-corrected chi connectivity index (χ2v) is 7.88. The number of rotatable bonds is 2. The lowest BCUT2D eigenvalue weighted by Gasteiger charge is -2.35. The minimum atomic E-state index is -0.438. The van der Waals surface area contributed by atoms with Gasteiger partial charge in [-0.2, -0.15) is 0 Å². The molecule has 0 atom stereocenters. The SMILES string of the molecule is CC(C)(C)OC(=O)N1CCN(Cc2cc(N)cc(I)c2)CC1. The zero-order chi connectivity index (χ0) is 16.3. The number of nitrogen functional groups attached to an aromatic ring is 1. The molecule has 6 heteroatoms. The lowest BCUT2D eigenvalue weighted by molar-refractivity contribution is 0.0139. The van der Waals surface area contributed by atoms with E-state index >= 15 is 0 Å². The van der Waals surface area contributed by atoms with E-state index < -0.39 is 5.60 Å². The second kappa shape index (κ2) is 7.04. The van der Waals surface area contributed by atoms with Crippen LogP contribution in [0.25, 0.3) is 0 Å². The Hall–Kier alpha value is -1.02. The molecule has 1 saturated heterocycles. The lowest BCUT2D eigenvalue weighted by Crippen LogP contribution is -2.49. The minimum absolute atomic E-state index is 0.217. The van der Waals surface area contributed by atoms with Crippen molar-refractivity contribution in [1.82, 2.24) is 9.80 Å². The fraction of sp³-hybridized carbons (Fsp3) is 0.562. The molecule has 1 amide bonds. The van der Waals surface area contributed by atoms with Gasteiger partial charge >= 0.3 is 6.09 Å². The van der Waals surface area contributed by atoms with Gasteiger partial charge in [-0.05, 0) is 67.1 Å². The summed E-state index contributed by atoms with van der Waals surface area (Å²) in [5, 5.41) is 0. The predicted molar refractivity (Wildman–Crippen MR) is 96.7 cm³/mol. The van der Waals surface area contributed by atoms with E-state index in [2.05, 4.69) is 33.6 Å². The van der Waals surface area contributed by atoms with Crippen LogP contribution in [0.5, 0.6) is 0 Å². The minimum Gasteiger partial charge on any atom is -0.444 e. The Morgan fingerprint density at radius 2 is 1.86 bits per heavy atom. The monoisotopic (exact) mass is 417 g/mol. The molecule has 22 heavy (non-hydrogen) atoms. The Morgan fingerprint density at radius 3 is 2.41 bits per heavy atom. The van der Waals surface area contributed by atoms with Crippen molar-refractivity contribution in [3.63, 3.8) is 0 Å². The van der Waals surface area contributed by atoms with Crippen LogP contribution in [-0.2, 0) is 11.3 Å². The van der Waals surface area contributed by atoms with E-state index in [0.717, 1.165) is 28.9 Å². The maximum Gasteiger partial charge on any atom is 0.410 e. The van der Waals surface area contributed by atoms with Crippen LogP contribution in [0.15, 0.2) is 18.2 Å². The molecule has 0 spiro atoms. The fourth-order valence-electron chi connectivity index (χ4n) is 2.44. The summed E-state index contributed by atoms with van der Waals surface area (Å²) in [4.78, 5) is 16.2. The van der Waals surface area contributed by atoms with Crippen LogP contribution >= 0.6 is 22.6 Å². The Labute approximate surface area is 145 Å². The van der Waals surface area contributed by atoms with Gasteiger partial charge in [-0.25, -0.2) is 4.79 Å². The van der Waals surface area contributed by atoms with Crippen LogP contribution in [0.4, 0.5) is 10.5 Å². The van der Waals surface area contributed by atoms with Crippen molar-refractivity contribution < 1.29 is 9.53 Å². The topological polar surface area (TPSA) is 58.8 Å². The van der Waals surface area contributed by atoms with E-state index in [-0.39, 0.29) is 6.09 Å². The third kappa shape index (κ3) is 5.31. The number of nitrogens with zero attached hydrogens (tertiary/aromatic N) is 2. The Balaban J connectivity index is 1.86. The molecule has 122 valence electrons. The first-order valence-electron chi connectivity index (χ1n) is 7.48. The molecule has 0 bridgehead atoms. The second-order valence-electron chi connectivity index (χ2n) is 6.64. The van der Waals surface area contributed by atoms with Gasteiger partial charge in [-0.1, -0.05) is 0 Å². The van der Waals surface area contributed by atoms with Crippen molar-refractivity contribution in [3.8, 4) is 0 Å². The molecule has 5 nitrogen and oxygen atoms in total. The highest BCUT2D eigenvalue weighted by Gasteiger charge is 2.25. The summed E-state index contributed by atoms with van der Waals surface area (Å²) in [5.41, 5.74) is 7.47. The number of hydrogen-bond donors (Lipinski definition) is 1. The van der Waals surface area contributed by atoms with Gasteiger partial charge in [0.25, 0.3) is 0 Å². The number of hydrogen-bond acceptors (Lipinski definition) is 4. The summed E-state index contributed by atoms with van der Waals surface area (Å²) in [5.74, 6) is 0. The van der Waals surface area contributed by atoms with Gasteiger partial charge in [0.1, 0.15) is 5.60 Å². The highest BCUT2D eigenvalue weighted by Crippen LogP contribution is 2.17. The molecule has 1 aromatic rings. The Bertz CT molecular complexity index is 514. The normalized spacial score (nSPS) is 16.6. The van der Waals surface area contributed by atoms with Crippen LogP contribution < -0.4 is 5.73 Å². The molecule has 0 saturated carbocycles. The quantitative estimate of drug-likeness (QED) is 0.594. The zero-order valence-electron chi connectivity index (χ0n) is 13.4. The number of carbonyl (C=O) groups is 1. The first-order chi connectivity index (χ1) is 10.2. The smallest absolute Gasteiger partial charge is 0.410 e. The molecule has 0 radical (unpaired) electrons. The van der Waals surface area contributed by atoms with Crippen LogP contribution in [0.2, 0.25) is 0 Å². The van der Waals surface area contributed by atoms with E-state index in [1.807, 2.05) is 32.9 Å². The Morgan fingerprint density at radius 1 is 1.23 bits per heavy atom. The molecule has 0 aromatic heterocycles. The average molecular weight is 417 g/mol. The van der Waals surface area contributed by atoms with E-state index in [1.165, 1.54) is 5.56 Å². The molecular formula is C16H24IN3O2. The number of anilines is 1. The summed E-state index contributed by atoms with van der Waals surface area (Å²) >= 11 is 2.28. The van der Waals surface area contributed by atoms with E-state index in [9.17, 15) is 4.79 Å². The van der Waals surface area contributed by atoms with Crippen molar-refractivity contribution in [3.05, 3.63) is 27.3 Å². The van der Waals surface area contributed by atoms with Crippen molar-refractivity contribution in [2.45, 2.75) is 32.9 Å². The van der Waals surface area contributed by atoms with Crippen LogP contribution in [0, 0.1) is 3.57 Å². The van der Waals surface area contributed by atoms with Gasteiger partial charge in [-0.15, -0.1) is 0 Å². The molecular weight excluding hydrogens is 393 g/mol. The number of halogens is 1. The fourth-order valence-corrected chi connectivity index (χ4v) is 3.20. The van der Waals surface area contributed by atoms with E-state index in [4.69, 9.17) is 10.5 Å². The van der Waals surface area contributed by atoms with Gasteiger partial charge in [-0.3, -0.25) is 4.90 Å². The molecule has 1 aliphatic heterocycles. The summed E-state index contributed by atoms with van der Waals surface area (Å²) in [7, 11) is 0. The van der Waals surface area contributed by atoms with E-state index in [1.54, 1.807) is 4.90 Å². The van der Waals surface area contributed by atoms with Gasteiger partial charge in [0.05, 0.1) is 0 Å². The molecule has 1 heterocycles. The number of carbonyl (C=O) groups excluding carboxylic acids is 1.